The van der Waals surface area contributed by atoms with Crippen LogP contribution in [0.3, 0.4) is 0 Å². The molecule has 1 saturated heterocycles. The molecule has 0 amide bonds. The maximum absolute atomic E-state index is 14.5. The number of alkyl halides is 2. The highest BCUT2D eigenvalue weighted by molar-refractivity contribution is 5.95. The van der Waals surface area contributed by atoms with Crippen LogP contribution < -0.4 is 0 Å². The van der Waals surface area contributed by atoms with E-state index in [0.29, 0.717) is 32.3 Å². The minimum atomic E-state index is -3.37. The minimum absolute atomic E-state index is 0.0811. The number of carbonyl (C=O) groups excluding carboxylic acids is 2. The number of ether oxygens (including phenoxy) is 3. The molecular formula is C32H54F2O6. The number of unbranched alkanes of at least 4 members (excludes halogenated alkanes) is 8. The summed E-state index contributed by atoms with van der Waals surface area (Å²) in [5, 5.41) is 10.9. The first-order valence-corrected chi connectivity index (χ1v) is 15.9. The van der Waals surface area contributed by atoms with Gasteiger partial charge >= 0.3 is 11.9 Å². The summed E-state index contributed by atoms with van der Waals surface area (Å²) in [7, 11) is 0. The maximum Gasteiger partial charge on any atom is 0.309 e. The Bertz CT molecular complexity index is 750. The van der Waals surface area contributed by atoms with Gasteiger partial charge in [0.25, 0.3) is 0 Å². The number of esters is 1. The van der Waals surface area contributed by atoms with Crippen LogP contribution in [0.25, 0.3) is 0 Å². The van der Waals surface area contributed by atoms with Gasteiger partial charge in [0, 0.05) is 31.8 Å². The van der Waals surface area contributed by atoms with E-state index in [9.17, 15) is 23.5 Å². The third kappa shape index (κ3) is 13.1. The van der Waals surface area contributed by atoms with Gasteiger partial charge in [-0.3, -0.25) is 9.59 Å². The third-order valence-electron chi connectivity index (χ3n) is 8.07. The van der Waals surface area contributed by atoms with Crippen LogP contribution >= 0.6 is 0 Å². The summed E-state index contributed by atoms with van der Waals surface area (Å²) < 4.78 is 46.1. The number of halogens is 2. The molecule has 6 nitrogen and oxygen atoms in total. The Morgan fingerprint density at radius 1 is 1.02 bits per heavy atom. The molecule has 1 heterocycles. The van der Waals surface area contributed by atoms with E-state index in [2.05, 4.69) is 0 Å². The second-order valence-electron chi connectivity index (χ2n) is 12.0. The molecule has 1 saturated carbocycles. The van der Waals surface area contributed by atoms with Gasteiger partial charge in [0.15, 0.2) is 6.29 Å². The van der Waals surface area contributed by atoms with E-state index < -0.39 is 24.2 Å². The number of hydrogen-bond donors (Lipinski definition) is 1. The first kappa shape index (κ1) is 34.8. The molecule has 1 aliphatic carbocycles. The summed E-state index contributed by atoms with van der Waals surface area (Å²) in [6.45, 7) is 6.34. The van der Waals surface area contributed by atoms with Crippen LogP contribution in [0, 0.1) is 11.8 Å². The largest absolute Gasteiger partial charge is 0.463 e. The molecule has 1 N–H and O–H groups in total. The molecule has 0 aromatic carbocycles. The summed E-state index contributed by atoms with van der Waals surface area (Å²) in [4.78, 5) is 24.1. The van der Waals surface area contributed by atoms with E-state index in [4.69, 9.17) is 14.2 Å². The Hall–Kier alpha value is -1.38. The molecule has 40 heavy (non-hydrogen) atoms. The average molecular weight is 573 g/mol. The van der Waals surface area contributed by atoms with E-state index in [1.165, 1.54) is 0 Å². The number of aliphatic hydroxyl groups is 1. The first-order valence-electron chi connectivity index (χ1n) is 15.9. The zero-order valence-corrected chi connectivity index (χ0v) is 25.1. The Labute approximate surface area is 240 Å². The number of rotatable bonds is 20. The lowest BCUT2D eigenvalue weighted by molar-refractivity contribution is -0.193. The fourth-order valence-electron chi connectivity index (χ4n) is 5.81. The van der Waals surface area contributed by atoms with E-state index in [0.717, 1.165) is 83.1 Å². The van der Waals surface area contributed by atoms with Gasteiger partial charge in [0.1, 0.15) is 0 Å². The highest BCUT2D eigenvalue weighted by Crippen LogP contribution is 2.40. The predicted molar refractivity (Wildman–Crippen MR) is 152 cm³/mol. The Kier molecular flexibility index (Phi) is 16.5. The minimum Gasteiger partial charge on any atom is -0.463 e. The Morgan fingerprint density at radius 3 is 2.40 bits per heavy atom. The molecule has 0 spiro atoms. The number of hydrogen-bond acceptors (Lipinski definition) is 6. The van der Waals surface area contributed by atoms with Crippen molar-refractivity contribution in [3.63, 3.8) is 0 Å². The van der Waals surface area contributed by atoms with E-state index in [1.807, 2.05) is 20.8 Å². The lowest BCUT2D eigenvalue weighted by Crippen LogP contribution is -2.31. The molecule has 5 atom stereocenters. The van der Waals surface area contributed by atoms with Crippen molar-refractivity contribution >= 4 is 11.8 Å². The van der Waals surface area contributed by atoms with Crippen LogP contribution in [0.1, 0.15) is 130 Å². The number of ketones is 1. The second-order valence-corrected chi connectivity index (χ2v) is 12.0. The molecule has 0 radical (unpaired) electrons. The topological polar surface area (TPSA) is 82.1 Å². The average Bonchev–Trinajstić information content (AvgIpc) is 3.20. The highest BCUT2D eigenvalue weighted by atomic mass is 19.3. The lowest BCUT2D eigenvalue weighted by Gasteiger charge is -2.29. The van der Waals surface area contributed by atoms with Crippen LogP contribution in [0.2, 0.25) is 0 Å². The third-order valence-corrected chi connectivity index (χ3v) is 8.07. The number of carbonyl (C=O) groups is 2. The van der Waals surface area contributed by atoms with Crippen molar-refractivity contribution in [3.8, 4) is 0 Å². The molecule has 1 aliphatic heterocycles. The van der Waals surface area contributed by atoms with Crippen LogP contribution in [-0.4, -0.2) is 54.0 Å². The zero-order valence-electron chi connectivity index (χ0n) is 25.1. The summed E-state index contributed by atoms with van der Waals surface area (Å²) in [5.74, 6) is -5.14. The fraction of sp³-hybridized carbons (Fsp3) is 0.875. The maximum atomic E-state index is 14.5. The summed E-state index contributed by atoms with van der Waals surface area (Å²) in [5.41, 5.74) is 0. The lowest BCUT2D eigenvalue weighted by atomic mass is 9.87. The molecule has 232 valence electrons. The standard InChI is InChI=1S/C32H54F2O6/c1-4-5-6-14-21-32(33,34)29(36)20-19-26-25(27(35)23-28(26)40-31-18-13-15-22-38-31)16-11-9-7-8-10-12-17-30(37)39-24(2)3/h19-20,24-28,31,35H,4-18,21-23H2,1-3H3/b20-19+/t25?,26-,27?,28?,31?/m1/s1. The molecule has 0 bridgehead atoms. The predicted octanol–water partition coefficient (Wildman–Crippen LogP) is 7.70. The highest BCUT2D eigenvalue weighted by Gasteiger charge is 2.43. The van der Waals surface area contributed by atoms with Crippen molar-refractivity contribution in [2.75, 3.05) is 6.61 Å². The van der Waals surface area contributed by atoms with E-state index >= 15 is 0 Å². The Balaban J connectivity index is 1.88. The van der Waals surface area contributed by atoms with Gasteiger partial charge < -0.3 is 19.3 Å². The molecule has 4 unspecified atom stereocenters. The normalized spacial score (nSPS) is 25.6. The molecule has 2 aliphatic rings. The molecule has 2 fully saturated rings. The summed E-state index contributed by atoms with van der Waals surface area (Å²) in [6.07, 6.45) is 13.7. The van der Waals surface area contributed by atoms with Crippen LogP contribution in [0.15, 0.2) is 12.2 Å². The van der Waals surface area contributed by atoms with Crippen molar-refractivity contribution in [1.82, 2.24) is 0 Å². The van der Waals surface area contributed by atoms with E-state index in [-0.39, 0.29) is 36.3 Å². The molecule has 0 aromatic rings. The van der Waals surface area contributed by atoms with Gasteiger partial charge in [0.05, 0.1) is 18.3 Å². The van der Waals surface area contributed by atoms with Gasteiger partial charge in [0.2, 0.25) is 5.78 Å². The summed E-state index contributed by atoms with van der Waals surface area (Å²) in [6, 6.07) is 0. The number of aliphatic hydroxyl groups excluding tert-OH is 1. The van der Waals surface area contributed by atoms with Crippen molar-refractivity contribution < 1.29 is 37.7 Å². The van der Waals surface area contributed by atoms with Crippen LogP contribution in [-0.2, 0) is 23.8 Å². The molecule has 2 rings (SSSR count). The SMILES string of the molecule is CCCCCCC(F)(F)C(=O)/C=C/[C@H]1C(OC2CCCCO2)CC(O)C1CCCCCCCCC(=O)OC(C)C. The quantitative estimate of drug-likeness (QED) is 0.0915. The van der Waals surface area contributed by atoms with Gasteiger partial charge in [-0.1, -0.05) is 64.4 Å². The van der Waals surface area contributed by atoms with Crippen molar-refractivity contribution in [3.05, 3.63) is 12.2 Å². The Morgan fingerprint density at radius 2 is 1.73 bits per heavy atom. The second kappa shape index (κ2) is 18.9. The molecule has 0 aromatic heterocycles. The van der Waals surface area contributed by atoms with Crippen molar-refractivity contribution in [1.29, 1.82) is 0 Å². The van der Waals surface area contributed by atoms with Gasteiger partial charge in [-0.2, -0.15) is 8.78 Å². The van der Waals surface area contributed by atoms with Crippen molar-refractivity contribution in [2.45, 2.75) is 160 Å². The van der Waals surface area contributed by atoms with Gasteiger partial charge in [-0.05, 0) is 64.4 Å². The molecular weight excluding hydrogens is 518 g/mol. The molecule has 8 heteroatoms. The van der Waals surface area contributed by atoms with Crippen LogP contribution in [0.5, 0.6) is 0 Å². The monoisotopic (exact) mass is 572 g/mol. The zero-order chi connectivity index (χ0) is 29.4. The first-order chi connectivity index (χ1) is 19.1. The smallest absolute Gasteiger partial charge is 0.309 e. The van der Waals surface area contributed by atoms with Gasteiger partial charge in [-0.15, -0.1) is 0 Å². The summed E-state index contributed by atoms with van der Waals surface area (Å²) >= 11 is 0. The fourth-order valence-corrected chi connectivity index (χ4v) is 5.81. The number of allylic oxidation sites excluding steroid dienone is 1. The van der Waals surface area contributed by atoms with E-state index in [1.54, 1.807) is 6.08 Å². The van der Waals surface area contributed by atoms with Crippen LogP contribution in [0.4, 0.5) is 8.78 Å². The van der Waals surface area contributed by atoms with Gasteiger partial charge in [-0.25, -0.2) is 0 Å². The van der Waals surface area contributed by atoms with Crippen molar-refractivity contribution in [2.24, 2.45) is 11.8 Å².